The molecule has 0 N–H and O–H groups in total. The van der Waals surface area contributed by atoms with Crippen molar-refractivity contribution in [2.45, 2.75) is 13.0 Å². The second kappa shape index (κ2) is 8.55. The molecule has 3 heterocycles. The summed E-state index contributed by atoms with van der Waals surface area (Å²) in [6.07, 6.45) is 0.171. The summed E-state index contributed by atoms with van der Waals surface area (Å²) in [6, 6.07) is 16.8. The molecular weight excluding hydrogens is 428 g/mol. The fourth-order valence-corrected chi connectivity index (χ4v) is 4.71. The standard InChI is InChI=1S/C24H22N2O5S/c1-29-19-7-4-17(5-8-19)26(14-20-3-2-10-32-20)24(28)16-11-23(27)25(13-16)18-6-9-21-22(12-18)31-15-30-21/h2-10,12,16H,11,13-15H2,1H3. The highest BCUT2D eigenvalue weighted by molar-refractivity contribution is 7.09. The lowest BCUT2D eigenvalue weighted by molar-refractivity contribution is -0.124. The molecule has 5 rings (SSSR count). The van der Waals surface area contributed by atoms with E-state index in [1.165, 1.54) is 0 Å². The molecule has 2 aliphatic rings. The van der Waals surface area contributed by atoms with Gasteiger partial charge in [-0.3, -0.25) is 9.59 Å². The summed E-state index contributed by atoms with van der Waals surface area (Å²) in [4.78, 5) is 30.9. The zero-order valence-electron chi connectivity index (χ0n) is 17.5. The van der Waals surface area contributed by atoms with Gasteiger partial charge >= 0.3 is 0 Å². The normalized spacial score (nSPS) is 17.0. The van der Waals surface area contributed by atoms with Crippen molar-refractivity contribution in [1.29, 1.82) is 0 Å². The fraction of sp³-hybridized carbons (Fsp3) is 0.250. The number of anilines is 2. The summed E-state index contributed by atoms with van der Waals surface area (Å²) in [5.74, 6) is 1.42. The molecule has 0 spiro atoms. The summed E-state index contributed by atoms with van der Waals surface area (Å²) < 4.78 is 16.0. The molecule has 1 aromatic heterocycles. The predicted octanol–water partition coefficient (Wildman–Crippen LogP) is 4.07. The van der Waals surface area contributed by atoms with Crippen LogP contribution in [0.3, 0.4) is 0 Å². The van der Waals surface area contributed by atoms with E-state index in [9.17, 15) is 9.59 Å². The Labute approximate surface area is 189 Å². The lowest BCUT2D eigenvalue weighted by Crippen LogP contribution is -2.37. The zero-order chi connectivity index (χ0) is 22.1. The van der Waals surface area contributed by atoms with Crippen molar-refractivity contribution in [2.24, 2.45) is 5.92 Å². The average Bonchev–Trinajstić information content (AvgIpc) is 3.57. The summed E-state index contributed by atoms with van der Waals surface area (Å²) in [6.45, 7) is 0.958. The smallest absolute Gasteiger partial charge is 0.232 e. The van der Waals surface area contributed by atoms with E-state index in [1.807, 2.05) is 47.8 Å². The Balaban J connectivity index is 1.38. The Bertz CT molecular complexity index is 1130. The van der Waals surface area contributed by atoms with Gasteiger partial charge in [0.1, 0.15) is 5.75 Å². The maximum absolute atomic E-state index is 13.6. The van der Waals surface area contributed by atoms with E-state index in [0.717, 1.165) is 16.3 Å². The van der Waals surface area contributed by atoms with E-state index < -0.39 is 5.92 Å². The van der Waals surface area contributed by atoms with Crippen LogP contribution >= 0.6 is 11.3 Å². The number of nitrogens with zero attached hydrogens (tertiary/aromatic N) is 2. The number of fused-ring (bicyclic) bond motifs is 1. The number of thiophene rings is 1. The highest BCUT2D eigenvalue weighted by Crippen LogP contribution is 2.37. The van der Waals surface area contributed by atoms with Crippen LogP contribution in [0.5, 0.6) is 17.2 Å². The monoisotopic (exact) mass is 450 g/mol. The Kier molecular flexibility index (Phi) is 5.45. The van der Waals surface area contributed by atoms with Gasteiger partial charge in [-0.1, -0.05) is 6.07 Å². The first-order valence-corrected chi connectivity index (χ1v) is 11.2. The number of carbonyl (C=O) groups excluding carboxylic acids is 2. The molecule has 0 saturated carbocycles. The maximum Gasteiger partial charge on any atom is 0.232 e. The van der Waals surface area contributed by atoms with E-state index in [2.05, 4.69) is 0 Å². The van der Waals surface area contributed by atoms with E-state index in [1.54, 1.807) is 40.4 Å². The minimum atomic E-state index is -0.435. The van der Waals surface area contributed by atoms with Crippen LogP contribution in [0.2, 0.25) is 0 Å². The first-order valence-electron chi connectivity index (χ1n) is 10.3. The predicted molar refractivity (Wildman–Crippen MR) is 122 cm³/mol. The van der Waals surface area contributed by atoms with Crippen LogP contribution in [-0.4, -0.2) is 32.3 Å². The quantitative estimate of drug-likeness (QED) is 0.566. The van der Waals surface area contributed by atoms with Crippen molar-refractivity contribution < 1.29 is 23.8 Å². The van der Waals surface area contributed by atoms with Crippen molar-refractivity contribution in [2.75, 3.05) is 30.2 Å². The third-order valence-corrected chi connectivity index (χ3v) is 6.55. The van der Waals surface area contributed by atoms with Crippen molar-refractivity contribution >= 4 is 34.5 Å². The van der Waals surface area contributed by atoms with Crippen LogP contribution in [0.25, 0.3) is 0 Å². The van der Waals surface area contributed by atoms with E-state index in [4.69, 9.17) is 14.2 Å². The molecule has 164 valence electrons. The first kappa shape index (κ1) is 20.4. The Hall–Kier alpha value is -3.52. The number of benzene rings is 2. The van der Waals surface area contributed by atoms with Gasteiger partial charge in [0.2, 0.25) is 18.6 Å². The van der Waals surface area contributed by atoms with Gasteiger partial charge in [0.05, 0.1) is 19.6 Å². The average molecular weight is 451 g/mol. The summed E-state index contributed by atoms with van der Waals surface area (Å²) in [5, 5.41) is 1.99. The van der Waals surface area contributed by atoms with Crippen LogP contribution in [0, 0.1) is 5.92 Å². The molecule has 8 heteroatoms. The molecule has 1 atom stereocenters. The first-order chi connectivity index (χ1) is 15.6. The molecule has 1 unspecified atom stereocenters. The summed E-state index contributed by atoms with van der Waals surface area (Å²) in [7, 11) is 1.61. The number of carbonyl (C=O) groups is 2. The van der Waals surface area contributed by atoms with Gasteiger partial charge in [0.15, 0.2) is 11.5 Å². The molecule has 1 saturated heterocycles. The van der Waals surface area contributed by atoms with Gasteiger partial charge in [-0.05, 0) is 47.8 Å². The minimum Gasteiger partial charge on any atom is -0.497 e. The minimum absolute atomic E-state index is 0.0693. The SMILES string of the molecule is COc1ccc(N(Cc2cccs2)C(=O)C2CC(=O)N(c3ccc4c(c3)OCO4)C2)cc1. The third-order valence-electron chi connectivity index (χ3n) is 5.69. The molecule has 0 aliphatic carbocycles. The molecule has 2 aromatic carbocycles. The van der Waals surface area contributed by atoms with E-state index >= 15 is 0 Å². The molecule has 32 heavy (non-hydrogen) atoms. The van der Waals surface area contributed by atoms with Crippen molar-refractivity contribution in [3.63, 3.8) is 0 Å². The van der Waals surface area contributed by atoms with Crippen LogP contribution < -0.4 is 24.0 Å². The number of hydrogen-bond acceptors (Lipinski definition) is 6. The van der Waals surface area contributed by atoms with Crippen LogP contribution in [0.4, 0.5) is 11.4 Å². The molecule has 0 bridgehead atoms. The Morgan fingerprint density at radius 1 is 1.16 bits per heavy atom. The van der Waals surface area contributed by atoms with Gasteiger partial charge in [-0.25, -0.2) is 0 Å². The van der Waals surface area contributed by atoms with Crippen LogP contribution in [0.15, 0.2) is 60.0 Å². The largest absolute Gasteiger partial charge is 0.497 e. The summed E-state index contributed by atoms with van der Waals surface area (Å²) in [5.41, 5.74) is 1.49. The number of hydrogen-bond donors (Lipinski definition) is 0. The van der Waals surface area contributed by atoms with E-state index in [-0.39, 0.29) is 25.0 Å². The van der Waals surface area contributed by atoms with Crippen molar-refractivity contribution in [3.8, 4) is 17.2 Å². The van der Waals surface area contributed by atoms with Gasteiger partial charge in [-0.2, -0.15) is 0 Å². The lowest BCUT2D eigenvalue weighted by atomic mass is 10.1. The molecule has 1 fully saturated rings. The third kappa shape index (κ3) is 3.89. The van der Waals surface area contributed by atoms with Gasteiger partial charge in [0.25, 0.3) is 0 Å². The molecule has 2 aliphatic heterocycles. The van der Waals surface area contributed by atoms with E-state index in [0.29, 0.717) is 30.3 Å². The molecular formula is C24H22N2O5S. The molecule has 2 amide bonds. The fourth-order valence-electron chi connectivity index (χ4n) is 4.01. The van der Waals surface area contributed by atoms with Crippen molar-refractivity contribution in [1.82, 2.24) is 0 Å². The number of methoxy groups -OCH3 is 1. The Morgan fingerprint density at radius 2 is 1.97 bits per heavy atom. The van der Waals surface area contributed by atoms with Crippen molar-refractivity contribution in [3.05, 3.63) is 64.9 Å². The van der Waals surface area contributed by atoms with Crippen LogP contribution in [0.1, 0.15) is 11.3 Å². The zero-order valence-corrected chi connectivity index (χ0v) is 18.3. The van der Waals surface area contributed by atoms with Gasteiger partial charge < -0.3 is 24.0 Å². The lowest BCUT2D eigenvalue weighted by Gasteiger charge is -2.25. The Morgan fingerprint density at radius 3 is 2.72 bits per heavy atom. The highest BCUT2D eigenvalue weighted by Gasteiger charge is 2.38. The molecule has 3 aromatic rings. The summed E-state index contributed by atoms with van der Waals surface area (Å²) >= 11 is 1.60. The van der Waals surface area contributed by atoms with Gasteiger partial charge in [-0.15, -0.1) is 11.3 Å². The number of amides is 2. The highest BCUT2D eigenvalue weighted by atomic mass is 32.1. The van der Waals surface area contributed by atoms with Crippen LogP contribution in [-0.2, 0) is 16.1 Å². The number of rotatable bonds is 6. The maximum atomic E-state index is 13.6. The number of ether oxygens (including phenoxy) is 3. The molecule has 7 nitrogen and oxygen atoms in total. The second-order valence-corrected chi connectivity index (χ2v) is 8.68. The second-order valence-electron chi connectivity index (χ2n) is 7.64. The topological polar surface area (TPSA) is 68.3 Å². The molecule has 0 radical (unpaired) electrons. The van der Waals surface area contributed by atoms with Gasteiger partial charge in [0, 0.05) is 35.3 Å².